The van der Waals surface area contributed by atoms with Crippen LogP contribution in [0.1, 0.15) is 47.5 Å². The Balaban J connectivity index is 2.84. The molecule has 0 bridgehead atoms. The van der Waals surface area contributed by atoms with Gasteiger partial charge in [0.15, 0.2) is 0 Å². The van der Waals surface area contributed by atoms with Crippen molar-refractivity contribution in [3.63, 3.8) is 0 Å². The van der Waals surface area contributed by atoms with Gasteiger partial charge < -0.3 is 5.32 Å². The number of hydrogen-bond donors (Lipinski definition) is 1. The summed E-state index contributed by atoms with van der Waals surface area (Å²) in [6.45, 7) is 18.7. The Morgan fingerprint density at radius 2 is 1.94 bits per heavy atom. The van der Waals surface area contributed by atoms with E-state index in [2.05, 4.69) is 51.4 Å². The van der Waals surface area contributed by atoms with E-state index >= 15 is 0 Å². The van der Waals surface area contributed by atoms with Crippen LogP contribution in [0.3, 0.4) is 0 Å². The molecule has 1 aliphatic heterocycles. The molecule has 1 heterocycles. The zero-order chi connectivity index (χ0) is 13.1. The van der Waals surface area contributed by atoms with E-state index in [1.807, 2.05) is 6.08 Å². The van der Waals surface area contributed by atoms with Crippen molar-refractivity contribution in [1.82, 2.24) is 10.2 Å². The first-order valence-electron chi connectivity index (χ1n) is 6.99. The van der Waals surface area contributed by atoms with Gasteiger partial charge in [0.25, 0.3) is 0 Å². The maximum atomic E-state index is 3.91. The molecule has 1 saturated heterocycles. The Morgan fingerprint density at radius 1 is 1.35 bits per heavy atom. The highest BCUT2D eigenvalue weighted by atomic mass is 15.3. The van der Waals surface area contributed by atoms with Gasteiger partial charge >= 0.3 is 0 Å². The molecule has 0 radical (unpaired) electrons. The second-order valence-electron chi connectivity index (χ2n) is 6.42. The summed E-state index contributed by atoms with van der Waals surface area (Å²) in [5.41, 5.74) is 0.656. The van der Waals surface area contributed by atoms with Gasteiger partial charge in [-0.1, -0.05) is 40.7 Å². The van der Waals surface area contributed by atoms with Crippen molar-refractivity contribution in [3.8, 4) is 0 Å². The molecule has 0 spiro atoms. The fraction of sp³-hybridized carbons (Fsp3) is 0.867. The monoisotopic (exact) mass is 238 g/mol. The summed E-state index contributed by atoms with van der Waals surface area (Å²) >= 11 is 0. The Morgan fingerprint density at radius 3 is 2.35 bits per heavy atom. The van der Waals surface area contributed by atoms with Gasteiger partial charge in [-0.15, -0.1) is 6.58 Å². The van der Waals surface area contributed by atoms with Crippen molar-refractivity contribution in [3.05, 3.63) is 12.7 Å². The lowest BCUT2D eigenvalue weighted by Crippen LogP contribution is -2.66. The van der Waals surface area contributed by atoms with Crippen LogP contribution in [0.2, 0.25) is 0 Å². The molecule has 2 nitrogen and oxygen atoms in total. The summed E-state index contributed by atoms with van der Waals surface area (Å²) in [7, 11) is 0. The molecule has 1 atom stereocenters. The SMILES string of the molecule is C=CCN1CC(C(C)(C)C)NCC1(CC)CC. The van der Waals surface area contributed by atoms with Gasteiger partial charge in [-0.2, -0.15) is 0 Å². The summed E-state index contributed by atoms with van der Waals surface area (Å²) in [6, 6.07) is 0.577. The Labute approximate surface area is 107 Å². The number of rotatable bonds is 4. The normalized spacial score (nSPS) is 25.8. The molecule has 1 N–H and O–H groups in total. The highest BCUT2D eigenvalue weighted by Crippen LogP contribution is 2.31. The van der Waals surface area contributed by atoms with Gasteiger partial charge in [0.1, 0.15) is 0 Å². The van der Waals surface area contributed by atoms with Gasteiger partial charge in [0.2, 0.25) is 0 Å². The van der Waals surface area contributed by atoms with Gasteiger partial charge in [-0.05, 0) is 18.3 Å². The molecule has 100 valence electrons. The molecule has 2 heteroatoms. The fourth-order valence-corrected chi connectivity index (χ4v) is 2.85. The molecule has 0 saturated carbocycles. The molecule has 1 fully saturated rings. The van der Waals surface area contributed by atoms with Gasteiger partial charge in [-0.25, -0.2) is 0 Å². The van der Waals surface area contributed by atoms with Crippen molar-refractivity contribution in [2.75, 3.05) is 19.6 Å². The van der Waals surface area contributed by atoms with Crippen LogP contribution in [0, 0.1) is 5.41 Å². The third kappa shape index (κ3) is 3.11. The van der Waals surface area contributed by atoms with E-state index in [4.69, 9.17) is 0 Å². The number of nitrogens with one attached hydrogen (secondary N) is 1. The maximum Gasteiger partial charge on any atom is 0.0332 e. The summed E-state index contributed by atoms with van der Waals surface area (Å²) in [5.74, 6) is 0. The third-order valence-electron chi connectivity index (χ3n) is 4.46. The lowest BCUT2D eigenvalue weighted by Gasteiger charge is -2.52. The van der Waals surface area contributed by atoms with Crippen LogP contribution in [0.25, 0.3) is 0 Å². The largest absolute Gasteiger partial charge is 0.310 e. The van der Waals surface area contributed by atoms with Crippen LogP contribution in [0.5, 0.6) is 0 Å². The first kappa shape index (κ1) is 14.7. The van der Waals surface area contributed by atoms with Gasteiger partial charge in [0.05, 0.1) is 0 Å². The quantitative estimate of drug-likeness (QED) is 0.757. The second-order valence-corrected chi connectivity index (χ2v) is 6.42. The smallest absolute Gasteiger partial charge is 0.0332 e. The minimum Gasteiger partial charge on any atom is -0.310 e. The maximum absolute atomic E-state index is 3.91. The highest BCUT2D eigenvalue weighted by Gasteiger charge is 2.41. The van der Waals surface area contributed by atoms with Crippen molar-refractivity contribution in [2.45, 2.75) is 59.0 Å². The molecular formula is C15H30N2. The molecule has 1 unspecified atom stereocenters. The third-order valence-corrected chi connectivity index (χ3v) is 4.46. The molecule has 1 rings (SSSR count). The molecular weight excluding hydrogens is 208 g/mol. The van der Waals surface area contributed by atoms with Gasteiger partial charge in [-0.3, -0.25) is 4.90 Å². The van der Waals surface area contributed by atoms with Crippen LogP contribution >= 0.6 is 0 Å². The average molecular weight is 238 g/mol. The van der Waals surface area contributed by atoms with E-state index in [0.717, 1.165) is 19.6 Å². The van der Waals surface area contributed by atoms with E-state index in [1.165, 1.54) is 12.8 Å². The fourth-order valence-electron chi connectivity index (χ4n) is 2.85. The lowest BCUT2D eigenvalue weighted by molar-refractivity contribution is 0.0168. The summed E-state index contributed by atoms with van der Waals surface area (Å²) < 4.78 is 0. The van der Waals surface area contributed by atoms with Crippen molar-refractivity contribution in [1.29, 1.82) is 0 Å². The minimum atomic E-state index is 0.326. The number of hydrogen-bond acceptors (Lipinski definition) is 2. The summed E-state index contributed by atoms with van der Waals surface area (Å²) in [4.78, 5) is 2.63. The average Bonchev–Trinajstić information content (AvgIpc) is 2.28. The molecule has 0 aliphatic carbocycles. The van der Waals surface area contributed by atoms with Crippen molar-refractivity contribution >= 4 is 0 Å². The van der Waals surface area contributed by atoms with E-state index in [-0.39, 0.29) is 0 Å². The highest BCUT2D eigenvalue weighted by molar-refractivity contribution is 5.01. The Hall–Kier alpha value is -0.340. The molecule has 0 amide bonds. The molecule has 17 heavy (non-hydrogen) atoms. The Bertz CT molecular complexity index is 248. The molecule has 0 aromatic rings. The van der Waals surface area contributed by atoms with E-state index in [9.17, 15) is 0 Å². The van der Waals surface area contributed by atoms with Crippen LogP contribution in [0.4, 0.5) is 0 Å². The van der Waals surface area contributed by atoms with Crippen LogP contribution in [-0.4, -0.2) is 36.1 Å². The zero-order valence-electron chi connectivity index (χ0n) is 12.3. The van der Waals surface area contributed by atoms with E-state index in [0.29, 0.717) is 17.0 Å². The van der Waals surface area contributed by atoms with Crippen LogP contribution in [0.15, 0.2) is 12.7 Å². The summed E-state index contributed by atoms with van der Waals surface area (Å²) in [6.07, 6.45) is 4.47. The first-order chi connectivity index (χ1) is 7.89. The number of nitrogens with zero attached hydrogens (tertiary/aromatic N) is 1. The number of piperazine rings is 1. The van der Waals surface area contributed by atoms with Gasteiger partial charge in [0, 0.05) is 31.2 Å². The predicted molar refractivity (Wildman–Crippen MR) is 76.3 cm³/mol. The first-order valence-corrected chi connectivity index (χ1v) is 6.99. The zero-order valence-corrected chi connectivity index (χ0v) is 12.3. The molecule has 0 aromatic heterocycles. The molecule has 0 aromatic carbocycles. The minimum absolute atomic E-state index is 0.326. The van der Waals surface area contributed by atoms with Crippen molar-refractivity contribution < 1.29 is 0 Å². The van der Waals surface area contributed by atoms with Crippen molar-refractivity contribution in [2.24, 2.45) is 5.41 Å². The van der Waals surface area contributed by atoms with Crippen LogP contribution in [-0.2, 0) is 0 Å². The topological polar surface area (TPSA) is 15.3 Å². The van der Waals surface area contributed by atoms with Crippen LogP contribution < -0.4 is 5.32 Å². The molecule has 1 aliphatic rings. The van der Waals surface area contributed by atoms with E-state index < -0.39 is 0 Å². The second kappa shape index (κ2) is 5.53. The Kier molecular flexibility index (Phi) is 4.79. The van der Waals surface area contributed by atoms with E-state index in [1.54, 1.807) is 0 Å². The predicted octanol–water partition coefficient (Wildman–Crippen LogP) is 3.05. The standard InChI is InChI=1S/C15H30N2/c1-7-10-17-11-13(14(4,5)6)16-12-15(17,8-2)9-3/h7,13,16H,1,8-12H2,2-6H3. The summed E-state index contributed by atoms with van der Waals surface area (Å²) in [5, 5.41) is 3.76. The lowest BCUT2D eigenvalue weighted by atomic mass is 9.80.